The summed E-state index contributed by atoms with van der Waals surface area (Å²) in [6, 6.07) is 24.2. The van der Waals surface area contributed by atoms with Crippen LogP contribution in [0.3, 0.4) is 0 Å². The number of oxime groups is 1. The van der Waals surface area contributed by atoms with Gasteiger partial charge < -0.3 is 10.6 Å². The van der Waals surface area contributed by atoms with Crippen LogP contribution in [-0.2, 0) is 11.3 Å². The van der Waals surface area contributed by atoms with Gasteiger partial charge in [0.25, 0.3) is 0 Å². The fourth-order valence-electron chi connectivity index (χ4n) is 4.18. The van der Waals surface area contributed by atoms with E-state index in [0.29, 0.717) is 13.2 Å². The minimum Gasteiger partial charge on any atom is -0.395 e. The van der Waals surface area contributed by atoms with Crippen LogP contribution in [0, 0.1) is 0 Å². The molecule has 132 valence electrons. The fourth-order valence-corrected chi connectivity index (χ4v) is 4.18. The predicted octanol–water partition coefficient (Wildman–Crippen LogP) is 5.24. The molecule has 0 aliphatic rings. The highest BCUT2D eigenvalue weighted by atomic mass is 16.6. The number of hydrogen-bond donors (Lipinski definition) is 1. The van der Waals surface area contributed by atoms with E-state index in [4.69, 9.17) is 10.6 Å². The molecule has 0 radical (unpaired) electrons. The summed E-state index contributed by atoms with van der Waals surface area (Å²) in [5.74, 6) is 0. The van der Waals surface area contributed by atoms with Crippen LogP contribution in [0.5, 0.6) is 0 Å². The van der Waals surface area contributed by atoms with Gasteiger partial charge in [-0.25, -0.2) is 0 Å². The van der Waals surface area contributed by atoms with Crippen LogP contribution in [0.4, 0.5) is 0 Å². The third kappa shape index (κ3) is 2.51. The molecule has 0 aliphatic carbocycles. The lowest BCUT2D eigenvalue weighted by Crippen LogP contribution is -2.05. The van der Waals surface area contributed by atoms with E-state index < -0.39 is 0 Å². The molecule has 0 aliphatic heterocycles. The van der Waals surface area contributed by atoms with Crippen LogP contribution in [0.1, 0.15) is 5.56 Å². The quantitative estimate of drug-likeness (QED) is 0.155. The molecule has 0 spiro atoms. The van der Waals surface area contributed by atoms with Crippen molar-refractivity contribution in [3.63, 3.8) is 0 Å². The van der Waals surface area contributed by atoms with E-state index in [1.165, 1.54) is 48.7 Å². The topological polar surface area (TPSA) is 47.6 Å². The van der Waals surface area contributed by atoms with Crippen LogP contribution in [0.2, 0.25) is 0 Å². The van der Waals surface area contributed by atoms with Gasteiger partial charge in [0, 0.05) is 19.2 Å². The number of rotatable bonds is 5. The molecule has 5 rings (SSSR count). The van der Waals surface area contributed by atoms with E-state index in [0.717, 1.165) is 6.42 Å². The summed E-state index contributed by atoms with van der Waals surface area (Å²) in [6.07, 6.45) is 2.55. The largest absolute Gasteiger partial charge is 0.395 e. The molecule has 5 aromatic rings. The van der Waals surface area contributed by atoms with Crippen LogP contribution in [0.15, 0.2) is 71.9 Å². The van der Waals surface area contributed by atoms with E-state index >= 15 is 0 Å². The van der Waals surface area contributed by atoms with Gasteiger partial charge in [0.15, 0.2) is 0 Å². The molecule has 3 nitrogen and oxygen atoms in total. The molecule has 0 unspecified atom stereocenters. The van der Waals surface area contributed by atoms with Crippen LogP contribution < -0.4 is 5.73 Å². The highest BCUT2D eigenvalue weighted by Crippen LogP contribution is 2.40. The first-order chi connectivity index (χ1) is 13.4. The Hall–Kier alpha value is -3.17. The summed E-state index contributed by atoms with van der Waals surface area (Å²) in [6.45, 7) is 0.921. The molecule has 0 bridgehead atoms. The van der Waals surface area contributed by atoms with Gasteiger partial charge in [-0.1, -0.05) is 71.9 Å². The SMILES string of the molecule is NCCON=CCc1ccc2c3cccc4cccc(c5cccc1c52)c43. The highest BCUT2D eigenvalue weighted by molar-refractivity contribution is 6.33. The maximum absolute atomic E-state index is 5.42. The zero-order valence-corrected chi connectivity index (χ0v) is 15.0. The number of fused-ring (bicyclic) bond motifs is 2. The van der Waals surface area contributed by atoms with Crippen molar-refractivity contribution in [2.75, 3.05) is 13.2 Å². The van der Waals surface area contributed by atoms with Gasteiger partial charge in [0.2, 0.25) is 0 Å². The number of nitrogens with two attached hydrogens (primary N) is 1. The zero-order valence-electron chi connectivity index (χ0n) is 15.0. The van der Waals surface area contributed by atoms with Gasteiger partial charge in [-0.15, -0.1) is 0 Å². The summed E-state index contributed by atoms with van der Waals surface area (Å²) in [7, 11) is 0. The average Bonchev–Trinajstić information content (AvgIpc) is 2.72. The minimum atomic E-state index is 0.446. The zero-order chi connectivity index (χ0) is 18.2. The summed E-state index contributed by atoms with van der Waals surface area (Å²) in [5.41, 5.74) is 6.67. The van der Waals surface area contributed by atoms with Crippen molar-refractivity contribution in [2.45, 2.75) is 6.42 Å². The maximum atomic E-state index is 5.42. The molecule has 5 aromatic carbocycles. The van der Waals surface area contributed by atoms with Crippen molar-refractivity contribution in [1.29, 1.82) is 0 Å². The highest BCUT2D eigenvalue weighted by Gasteiger charge is 2.13. The lowest BCUT2D eigenvalue weighted by atomic mass is 9.88. The van der Waals surface area contributed by atoms with E-state index in [1.54, 1.807) is 0 Å². The van der Waals surface area contributed by atoms with Crippen molar-refractivity contribution in [3.8, 4) is 0 Å². The third-order valence-corrected chi connectivity index (χ3v) is 5.29. The molecule has 3 heteroatoms. The van der Waals surface area contributed by atoms with E-state index in [9.17, 15) is 0 Å². The van der Waals surface area contributed by atoms with Crippen molar-refractivity contribution < 1.29 is 4.84 Å². The maximum Gasteiger partial charge on any atom is 0.129 e. The van der Waals surface area contributed by atoms with Gasteiger partial charge in [0.1, 0.15) is 6.61 Å². The van der Waals surface area contributed by atoms with E-state index in [-0.39, 0.29) is 0 Å². The smallest absolute Gasteiger partial charge is 0.129 e. The molecule has 0 fully saturated rings. The summed E-state index contributed by atoms with van der Waals surface area (Å²) in [5, 5.41) is 14.5. The van der Waals surface area contributed by atoms with E-state index in [2.05, 4.69) is 71.9 Å². The number of hydrogen-bond acceptors (Lipinski definition) is 3. The lowest BCUT2D eigenvalue weighted by Gasteiger charge is -2.15. The van der Waals surface area contributed by atoms with Crippen molar-refractivity contribution >= 4 is 49.3 Å². The van der Waals surface area contributed by atoms with Crippen molar-refractivity contribution in [1.82, 2.24) is 0 Å². The first kappa shape index (κ1) is 16.0. The van der Waals surface area contributed by atoms with Crippen LogP contribution in [-0.4, -0.2) is 19.4 Å². The molecule has 0 heterocycles. The standard InChI is InChI=1S/C24H20N2O/c25-13-15-27-26-14-12-16-10-11-22-20-8-2-5-17-4-1-7-19(23(17)20)21-9-3-6-18(16)24(21)22/h1-11,14H,12-13,15,25H2. The van der Waals surface area contributed by atoms with Gasteiger partial charge in [-0.2, -0.15) is 0 Å². The third-order valence-electron chi connectivity index (χ3n) is 5.29. The second-order valence-corrected chi connectivity index (χ2v) is 6.82. The molecule has 0 atom stereocenters. The second-order valence-electron chi connectivity index (χ2n) is 6.82. The Bertz CT molecular complexity index is 1240. The Morgan fingerprint density at radius 1 is 0.741 bits per heavy atom. The molecular formula is C24H20N2O. The van der Waals surface area contributed by atoms with Gasteiger partial charge in [0.05, 0.1) is 0 Å². The Kier molecular flexibility index (Phi) is 3.88. The number of benzene rings is 5. The normalized spacial score (nSPS) is 12.2. The summed E-state index contributed by atoms with van der Waals surface area (Å²) in [4.78, 5) is 5.13. The lowest BCUT2D eigenvalue weighted by molar-refractivity contribution is 0.153. The van der Waals surface area contributed by atoms with Gasteiger partial charge in [-0.05, 0) is 48.7 Å². The minimum absolute atomic E-state index is 0.446. The van der Waals surface area contributed by atoms with Gasteiger partial charge in [-0.3, -0.25) is 0 Å². The summed E-state index contributed by atoms with van der Waals surface area (Å²) >= 11 is 0. The van der Waals surface area contributed by atoms with Gasteiger partial charge >= 0.3 is 0 Å². The van der Waals surface area contributed by atoms with Crippen LogP contribution in [0.25, 0.3) is 43.1 Å². The molecule has 0 saturated carbocycles. The van der Waals surface area contributed by atoms with Crippen molar-refractivity contribution in [3.05, 3.63) is 72.3 Å². The first-order valence-electron chi connectivity index (χ1n) is 9.29. The predicted molar refractivity (Wildman–Crippen MR) is 115 cm³/mol. The fraction of sp³-hybridized carbons (Fsp3) is 0.125. The average molecular weight is 352 g/mol. The summed E-state index contributed by atoms with van der Waals surface area (Å²) < 4.78 is 0. The molecule has 0 amide bonds. The second kappa shape index (κ2) is 6.53. The monoisotopic (exact) mass is 352 g/mol. The Labute approximate surface area is 157 Å². The number of nitrogens with zero attached hydrogens (tertiary/aromatic N) is 1. The molecule has 0 aromatic heterocycles. The Morgan fingerprint density at radius 3 is 2.11 bits per heavy atom. The first-order valence-corrected chi connectivity index (χ1v) is 9.29. The molecular weight excluding hydrogens is 332 g/mol. The molecule has 27 heavy (non-hydrogen) atoms. The Morgan fingerprint density at radius 2 is 1.37 bits per heavy atom. The van der Waals surface area contributed by atoms with Crippen molar-refractivity contribution in [2.24, 2.45) is 10.9 Å². The van der Waals surface area contributed by atoms with Crippen LogP contribution >= 0.6 is 0 Å². The van der Waals surface area contributed by atoms with E-state index in [1.807, 2.05) is 6.21 Å². The Balaban J connectivity index is 1.78. The molecule has 2 N–H and O–H groups in total. The molecule has 0 saturated heterocycles.